The quantitative estimate of drug-likeness (QED) is 0.806. The van der Waals surface area contributed by atoms with E-state index in [2.05, 4.69) is 4.99 Å². The molecular weight excluding hydrogens is 281 g/mol. The summed E-state index contributed by atoms with van der Waals surface area (Å²) in [5, 5.41) is 0. The lowest BCUT2D eigenvalue weighted by Crippen LogP contribution is -2.38. The van der Waals surface area contributed by atoms with Gasteiger partial charge in [0.15, 0.2) is 5.78 Å². The fourth-order valence-corrected chi connectivity index (χ4v) is 3.57. The van der Waals surface area contributed by atoms with Crippen LogP contribution >= 0.6 is 0 Å². The summed E-state index contributed by atoms with van der Waals surface area (Å²) in [6.07, 6.45) is 0.525. The number of Topliss-reactive ketones (excluding diaryl/α,β-unsaturated/α-hetero) is 1. The average molecular weight is 295 g/mol. The molecule has 0 fully saturated rings. The van der Waals surface area contributed by atoms with E-state index in [4.69, 9.17) is 4.74 Å². The Kier molecular flexibility index (Phi) is 2.55. The predicted molar refractivity (Wildman–Crippen MR) is 81.9 cm³/mol. The topological polar surface area (TPSA) is 38.7 Å². The van der Waals surface area contributed by atoms with Gasteiger partial charge in [0.05, 0.1) is 12.8 Å². The van der Waals surface area contributed by atoms with Crippen LogP contribution in [0.5, 0.6) is 5.75 Å². The Morgan fingerprint density at radius 1 is 1.23 bits per heavy atom. The Morgan fingerprint density at radius 2 is 2.05 bits per heavy atom. The molecule has 4 heteroatoms. The van der Waals surface area contributed by atoms with E-state index in [1.54, 1.807) is 19.2 Å². The van der Waals surface area contributed by atoms with Crippen molar-refractivity contribution in [1.29, 1.82) is 0 Å². The molecule has 3 nitrogen and oxygen atoms in total. The largest absolute Gasteiger partial charge is 0.497 e. The van der Waals surface area contributed by atoms with Gasteiger partial charge < -0.3 is 4.74 Å². The molecule has 1 aliphatic carbocycles. The summed E-state index contributed by atoms with van der Waals surface area (Å²) in [7, 11) is 1.57. The van der Waals surface area contributed by atoms with E-state index >= 15 is 0 Å². The lowest BCUT2D eigenvalue weighted by Gasteiger charge is -2.23. The van der Waals surface area contributed by atoms with Crippen LogP contribution in [0.1, 0.15) is 28.4 Å². The third-order valence-corrected chi connectivity index (χ3v) is 4.73. The van der Waals surface area contributed by atoms with Crippen molar-refractivity contribution in [3.63, 3.8) is 0 Å². The van der Waals surface area contributed by atoms with Crippen molar-refractivity contribution in [3.8, 4) is 5.75 Å². The van der Waals surface area contributed by atoms with E-state index in [9.17, 15) is 9.18 Å². The number of hydrogen-bond donors (Lipinski definition) is 0. The van der Waals surface area contributed by atoms with Crippen LogP contribution in [0.3, 0.4) is 0 Å². The lowest BCUT2D eigenvalue weighted by molar-refractivity contribution is 0.0946. The zero-order chi connectivity index (χ0) is 15.5. The summed E-state index contributed by atoms with van der Waals surface area (Å²) in [5.41, 5.74) is 2.83. The number of ketones is 1. The van der Waals surface area contributed by atoms with E-state index < -0.39 is 5.41 Å². The maximum Gasteiger partial charge on any atom is 0.179 e. The van der Waals surface area contributed by atoms with Crippen molar-refractivity contribution in [3.05, 3.63) is 58.9 Å². The fourth-order valence-electron chi connectivity index (χ4n) is 3.57. The first kappa shape index (κ1) is 13.2. The van der Waals surface area contributed by atoms with Gasteiger partial charge in [0.2, 0.25) is 0 Å². The van der Waals surface area contributed by atoms with Gasteiger partial charge in [-0.2, -0.15) is 0 Å². The number of carbonyl (C=O) groups is 1. The summed E-state index contributed by atoms with van der Waals surface area (Å²) < 4.78 is 18.9. The molecule has 0 amide bonds. The van der Waals surface area contributed by atoms with Crippen molar-refractivity contribution in [1.82, 2.24) is 0 Å². The first-order valence-electron chi connectivity index (χ1n) is 7.14. The van der Waals surface area contributed by atoms with Crippen LogP contribution in [0.2, 0.25) is 0 Å². The van der Waals surface area contributed by atoms with Crippen LogP contribution in [0.15, 0.2) is 41.4 Å². The van der Waals surface area contributed by atoms with Gasteiger partial charge in [-0.05, 0) is 49.2 Å². The minimum atomic E-state index is -0.855. The minimum Gasteiger partial charge on any atom is -0.497 e. The van der Waals surface area contributed by atoms with E-state index in [0.29, 0.717) is 29.0 Å². The van der Waals surface area contributed by atoms with E-state index in [1.807, 2.05) is 19.1 Å². The van der Waals surface area contributed by atoms with Crippen LogP contribution in [-0.2, 0) is 11.8 Å². The second kappa shape index (κ2) is 4.26. The number of ether oxygens (including phenoxy) is 1. The zero-order valence-electron chi connectivity index (χ0n) is 12.3. The van der Waals surface area contributed by atoms with Gasteiger partial charge in [-0.1, -0.05) is 6.07 Å². The number of methoxy groups -OCH3 is 1. The lowest BCUT2D eigenvalue weighted by atomic mass is 9.74. The highest BCUT2D eigenvalue weighted by Crippen LogP contribution is 2.49. The van der Waals surface area contributed by atoms with Gasteiger partial charge in [-0.15, -0.1) is 0 Å². The summed E-state index contributed by atoms with van der Waals surface area (Å²) in [6.45, 7) is 1.85. The molecule has 1 aliphatic heterocycles. The van der Waals surface area contributed by atoms with Gasteiger partial charge >= 0.3 is 0 Å². The zero-order valence-corrected chi connectivity index (χ0v) is 12.3. The summed E-state index contributed by atoms with van der Waals surface area (Å²) in [4.78, 5) is 17.6. The molecule has 2 aromatic rings. The monoisotopic (exact) mass is 295 g/mol. The molecule has 1 spiro atoms. The molecule has 0 saturated heterocycles. The van der Waals surface area contributed by atoms with Crippen LogP contribution in [0, 0.1) is 5.82 Å². The molecule has 0 radical (unpaired) electrons. The maximum atomic E-state index is 13.7. The first-order chi connectivity index (χ1) is 10.6. The number of benzene rings is 2. The van der Waals surface area contributed by atoms with Crippen molar-refractivity contribution in [2.24, 2.45) is 4.99 Å². The Bertz CT molecular complexity index is 856. The normalized spacial score (nSPS) is 21.8. The number of rotatable bonds is 1. The molecule has 110 valence electrons. The number of fused-ring (bicyclic) bond motifs is 3. The van der Waals surface area contributed by atoms with Gasteiger partial charge in [-0.3, -0.25) is 9.79 Å². The molecule has 22 heavy (non-hydrogen) atoms. The molecular formula is C18H14FNO2. The second-order valence-electron chi connectivity index (χ2n) is 5.79. The number of carbonyl (C=O) groups excluding carboxylic acids is 1. The number of halogens is 1. The van der Waals surface area contributed by atoms with Crippen molar-refractivity contribution >= 4 is 17.2 Å². The standard InChI is InChI=1S/C18H14FNO2/c1-10-18(15-7-12(19)4-6-16(15)20-10)9-11-3-5-13(22-2)8-14(11)17(18)21/h3-8H,9H2,1-2H3. The third kappa shape index (κ3) is 1.49. The summed E-state index contributed by atoms with van der Waals surface area (Å²) in [6, 6.07) is 9.97. The van der Waals surface area contributed by atoms with Gasteiger partial charge in [0.1, 0.15) is 17.0 Å². The molecule has 2 aliphatic rings. The van der Waals surface area contributed by atoms with Crippen molar-refractivity contribution in [2.45, 2.75) is 18.8 Å². The summed E-state index contributed by atoms with van der Waals surface area (Å²) in [5.74, 6) is 0.285. The van der Waals surface area contributed by atoms with Crippen molar-refractivity contribution in [2.75, 3.05) is 7.11 Å². The SMILES string of the molecule is COc1ccc2c(c1)C(=O)C1(C2)C(C)=Nc2ccc(F)cc21. The van der Waals surface area contributed by atoms with Gasteiger partial charge in [0.25, 0.3) is 0 Å². The van der Waals surface area contributed by atoms with Gasteiger partial charge in [-0.25, -0.2) is 4.39 Å². The highest BCUT2D eigenvalue weighted by molar-refractivity contribution is 6.26. The molecule has 0 aromatic heterocycles. The first-order valence-corrected chi connectivity index (χ1v) is 7.14. The Hall–Kier alpha value is -2.49. The van der Waals surface area contributed by atoms with Crippen molar-refractivity contribution < 1.29 is 13.9 Å². The number of nitrogens with zero attached hydrogens (tertiary/aromatic N) is 1. The van der Waals surface area contributed by atoms with E-state index in [-0.39, 0.29) is 11.6 Å². The smallest absolute Gasteiger partial charge is 0.179 e. The molecule has 2 aromatic carbocycles. The van der Waals surface area contributed by atoms with Gasteiger partial charge in [0, 0.05) is 16.8 Å². The number of aliphatic imine (C=N–C) groups is 1. The third-order valence-electron chi connectivity index (χ3n) is 4.73. The fraction of sp³-hybridized carbons (Fsp3) is 0.222. The number of hydrogen-bond acceptors (Lipinski definition) is 3. The van der Waals surface area contributed by atoms with Crippen LogP contribution in [0.25, 0.3) is 0 Å². The Balaban J connectivity index is 1.93. The molecule has 0 N–H and O–H groups in total. The minimum absolute atomic E-state index is 0.0213. The maximum absolute atomic E-state index is 13.7. The second-order valence-corrected chi connectivity index (χ2v) is 5.79. The van der Waals surface area contributed by atoms with E-state index in [0.717, 1.165) is 11.3 Å². The molecule has 1 atom stereocenters. The molecule has 1 heterocycles. The molecule has 1 unspecified atom stereocenters. The average Bonchev–Trinajstić information content (AvgIpc) is 2.96. The molecule has 0 saturated carbocycles. The molecule has 0 bridgehead atoms. The molecule has 4 rings (SSSR count). The highest BCUT2D eigenvalue weighted by atomic mass is 19.1. The predicted octanol–water partition coefficient (Wildman–Crippen LogP) is 3.62. The van der Waals surface area contributed by atoms with E-state index in [1.165, 1.54) is 12.1 Å². The van der Waals surface area contributed by atoms with Crippen LogP contribution in [0.4, 0.5) is 10.1 Å². The Morgan fingerprint density at radius 3 is 2.82 bits per heavy atom. The summed E-state index contributed by atoms with van der Waals surface area (Å²) >= 11 is 0. The van der Waals surface area contributed by atoms with Crippen LogP contribution in [-0.4, -0.2) is 18.6 Å². The van der Waals surface area contributed by atoms with Crippen LogP contribution < -0.4 is 4.74 Å². The Labute approximate surface area is 127 Å². The highest BCUT2D eigenvalue weighted by Gasteiger charge is 2.52.